The van der Waals surface area contributed by atoms with Crippen molar-refractivity contribution in [2.75, 3.05) is 6.61 Å². The van der Waals surface area contributed by atoms with Gasteiger partial charge < -0.3 is 14.2 Å². The SMILES string of the molecule is CC(=O)Oc1ccc(OCCC(C)C)c(C)c1OCc1ccccc1. The van der Waals surface area contributed by atoms with Gasteiger partial charge in [0.15, 0.2) is 11.5 Å². The van der Waals surface area contributed by atoms with E-state index in [-0.39, 0.29) is 5.97 Å². The average Bonchev–Trinajstić information content (AvgIpc) is 2.56. The van der Waals surface area contributed by atoms with Gasteiger partial charge in [-0.25, -0.2) is 0 Å². The lowest BCUT2D eigenvalue weighted by molar-refractivity contribution is -0.132. The van der Waals surface area contributed by atoms with Gasteiger partial charge in [-0.3, -0.25) is 4.79 Å². The molecule has 0 spiro atoms. The summed E-state index contributed by atoms with van der Waals surface area (Å²) in [6, 6.07) is 13.4. The largest absolute Gasteiger partial charge is 0.493 e. The van der Waals surface area contributed by atoms with Gasteiger partial charge in [-0.2, -0.15) is 0 Å². The lowest BCUT2D eigenvalue weighted by Crippen LogP contribution is -2.07. The van der Waals surface area contributed by atoms with Crippen molar-refractivity contribution in [1.82, 2.24) is 0 Å². The maximum Gasteiger partial charge on any atom is 0.308 e. The predicted octanol–water partition coefficient (Wildman–Crippen LogP) is 4.92. The number of carbonyl (C=O) groups is 1. The van der Waals surface area contributed by atoms with Gasteiger partial charge >= 0.3 is 5.97 Å². The smallest absolute Gasteiger partial charge is 0.308 e. The second-order valence-electron chi connectivity index (χ2n) is 6.41. The highest BCUT2D eigenvalue weighted by molar-refractivity contribution is 5.71. The van der Waals surface area contributed by atoms with Crippen molar-refractivity contribution in [2.24, 2.45) is 5.92 Å². The minimum absolute atomic E-state index is 0.377. The van der Waals surface area contributed by atoms with Crippen molar-refractivity contribution in [1.29, 1.82) is 0 Å². The van der Waals surface area contributed by atoms with Gasteiger partial charge in [0, 0.05) is 12.5 Å². The van der Waals surface area contributed by atoms with Crippen molar-refractivity contribution in [2.45, 2.75) is 40.7 Å². The van der Waals surface area contributed by atoms with E-state index in [2.05, 4.69) is 13.8 Å². The monoisotopic (exact) mass is 342 g/mol. The molecule has 0 radical (unpaired) electrons. The van der Waals surface area contributed by atoms with Crippen LogP contribution < -0.4 is 14.2 Å². The molecule has 0 aliphatic heterocycles. The number of esters is 1. The fraction of sp³-hybridized carbons (Fsp3) is 0.381. The molecule has 2 rings (SSSR count). The van der Waals surface area contributed by atoms with E-state index in [1.807, 2.05) is 43.3 Å². The molecule has 134 valence electrons. The van der Waals surface area contributed by atoms with E-state index >= 15 is 0 Å². The van der Waals surface area contributed by atoms with Crippen molar-refractivity contribution >= 4 is 5.97 Å². The number of hydrogen-bond acceptors (Lipinski definition) is 4. The zero-order chi connectivity index (χ0) is 18.2. The van der Waals surface area contributed by atoms with Gasteiger partial charge in [0.05, 0.1) is 6.61 Å². The van der Waals surface area contributed by atoms with E-state index < -0.39 is 0 Å². The maximum atomic E-state index is 11.4. The molecule has 4 nitrogen and oxygen atoms in total. The Morgan fingerprint density at radius 1 is 1.00 bits per heavy atom. The van der Waals surface area contributed by atoms with E-state index in [4.69, 9.17) is 14.2 Å². The fourth-order valence-corrected chi connectivity index (χ4v) is 2.35. The van der Waals surface area contributed by atoms with Gasteiger partial charge in [-0.15, -0.1) is 0 Å². The maximum absolute atomic E-state index is 11.4. The third-order valence-corrected chi connectivity index (χ3v) is 3.75. The standard InChI is InChI=1S/C21H26O4/c1-15(2)12-13-23-19-10-11-20(25-17(4)22)21(16(19)3)24-14-18-8-6-5-7-9-18/h5-11,15H,12-14H2,1-4H3. The zero-order valence-electron chi connectivity index (χ0n) is 15.4. The Bertz CT molecular complexity index is 693. The molecule has 0 fully saturated rings. The summed E-state index contributed by atoms with van der Waals surface area (Å²) in [5, 5.41) is 0. The summed E-state index contributed by atoms with van der Waals surface area (Å²) in [4.78, 5) is 11.4. The van der Waals surface area contributed by atoms with E-state index in [1.165, 1.54) is 6.92 Å². The summed E-state index contributed by atoms with van der Waals surface area (Å²) in [6.45, 7) is 8.65. The highest BCUT2D eigenvalue weighted by Gasteiger charge is 2.16. The van der Waals surface area contributed by atoms with Gasteiger partial charge in [0.2, 0.25) is 0 Å². The normalized spacial score (nSPS) is 10.6. The number of hydrogen-bond donors (Lipinski definition) is 0. The first-order chi connectivity index (χ1) is 12.0. The van der Waals surface area contributed by atoms with Crippen molar-refractivity contribution in [3.05, 3.63) is 53.6 Å². The second-order valence-corrected chi connectivity index (χ2v) is 6.41. The molecular formula is C21H26O4. The van der Waals surface area contributed by atoms with Crippen LogP contribution in [0.2, 0.25) is 0 Å². The van der Waals surface area contributed by atoms with Crippen LogP contribution in [0, 0.1) is 12.8 Å². The Hall–Kier alpha value is -2.49. The first kappa shape index (κ1) is 18.8. The van der Waals surface area contributed by atoms with Crippen LogP contribution in [0.4, 0.5) is 0 Å². The Labute approximate surface area is 149 Å². The fourth-order valence-electron chi connectivity index (χ4n) is 2.35. The molecule has 0 amide bonds. The Balaban J connectivity index is 2.20. The van der Waals surface area contributed by atoms with E-state index in [1.54, 1.807) is 6.07 Å². The van der Waals surface area contributed by atoms with E-state index in [0.717, 1.165) is 23.3 Å². The number of ether oxygens (including phenoxy) is 3. The molecule has 0 saturated heterocycles. The molecule has 0 saturated carbocycles. The van der Waals surface area contributed by atoms with Crippen molar-refractivity contribution < 1.29 is 19.0 Å². The summed E-state index contributed by atoms with van der Waals surface area (Å²) >= 11 is 0. The molecule has 0 aliphatic carbocycles. The lowest BCUT2D eigenvalue weighted by atomic mass is 10.1. The Morgan fingerprint density at radius 3 is 2.32 bits per heavy atom. The van der Waals surface area contributed by atoms with Crippen LogP contribution in [-0.4, -0.2) is 12.6 Å². The number of rotatable bonds is 8. The first-order valence-electron chi connectivity index (χ1n) is 8.59. The molecule has 0 heterocycles. The van der Waals surface area contributed by atoms with Crippen LogP contribution >= 0.6 is 0 Å². The molecule has 0 aromatic heterocycles. The summed E-state index contributed by atoms with van der Waals surface area (Å²) in [5.41, 5.74) is 1.88. The molecule has 0 atom stereocenters. The molecule has 0 unspecified atom stereocenters. The number of carbonyl (C=O) groups excluding carboxylic acids is 1. The first-order valence-corrected chi connectivity index (χ1v) is 8.59. The molecular weight excluding hydrogens is 316 g/mol. The van der Waals surface area contributed by atoms with Crippen LogP contribution in [0.5, 0.6) is 17.2 Å². The van der Waals surface area contributed by atoms with Crippen LogP contribution in [0.1, 0.15) is 38.3 Å². The zero-order valence-corrected chi connectivity index (χ0v) is 15.4. The van der Waals surface area contributed by atoms with Crippen LogP contribution in [0.3, 0.4) is 0 Å². The van der Waals surface area contributed by atoms with E-state index in [0.29, 0.717) is 30.6 Å². The summed E-state index contributed by atoms with van der Waals surface area (Å²) in [6.07, 6.45) is 0.978. The highest BCUT2D eigenvalue weighted by Crippen LogP contribution is 2.37. The topological polar surface area (TPSA) is 44.8 Å². The summed E-state index contributed by atoms with van der Waals surface area (Å²) in [7, 11) is 0. The quantitative estimate of drug-likeness (QED) is 0.504. The van der Waals surface area contributed by atoms with E-state index in [9.17, 15) is 4.79 Å². The summed E-state index contributed by atoms with van der Waals surface area (Å²) in [5.74, 6) is 1.91. The molecule has 2 aromatic rings. The molecule has 4 heteroatoms. The molecule has 2 aromatic carbocycles. The minimum atomic E-state index is -0.377. The number of benzene rings is 2. The Kier molecular flexibility index (Phi) is 6.87. The molecule has 0 aliphatic rings. The second kappa shape index (κ2) is 9.11. The van der Waals surface area contributed by atoms with Crippen LogP contribution in [0.15, 0.2) is 42.5 Å². The Morgan fingerprint density at radius 2 is 1.68 bits per heavy atom. The third-order valence-electron chi connectivity index (χ3n) is 3.75. The van der Waals surface area contributed by atoms with Gasteiger partial charge in [0.1, 0.15) is 12.4 Å². The predicted molar refractivity (Wildman–Crippen MR) is 98.2 cm³/mol. The molecule has 25 heavy (non-hydrogen) atoms. The average molecular weight is 342 g/mol. The highest BCUT2D eigenvalue weighted by atomic mass is 16.6. The lowest BCUT2D eigenvalue weighted by Gasteiger charge is -2.17. The van der Waals surface area contributed by atoms with Crippen molar-refractivity contribution in [3.8, 4) is 17.2 Å². The van der Waals surface area contributed by atoms with Gasteiger partial charge in [-0.05, 0) is 37.0 Å². The van der Waals surface area contributed by atoms with Crippen molar-refractivity contribution in [3.63, 3.8) is 0 Å². The van der Waals surface area contributed by atoms with Crippen LogP contribution in [-0.2, 0) is 11.4 Å². The van der Waals surface area contributed by atoms with Crippen LogP contribution in [0.25, 0.3) is 0 Å². The van der Waals surface area contributed by atoms with Gasteiger partial charge in [-0.1, -0.05) is 44.2 Å². The van der Waals surface area contributed by atoms with Gasteiger partial charge in [0.25, 0.3) is 0 Å². The molecule has 0 bridgehead atoms. The summed E-state index contributed by atoms with van der Waals surface area (Å²) < 4.78 is 17.1. The third kappa shape index (κ3) is 5.82. The molecule has 0 N–H and O–H groups in total. The minimum Gasteiger partial charge on any atom is -0.493 e.